The highest BCUT2D eigenvalue weighted by Crippen LogP contribution is 2.34. The number of rotatable bonds is 7. The van der Waals surface area contributed by atoms with E-state index in [0.29, 0.717) is 23.4 Å². The van der Waals surface area contributed by atoms with Crippen molar-refractivity contribution < 1.29 is 0 Å². The summed E-state index contributed by atoms with van der Waals surface area (Å²) in [6, 6.07) is 24.1. The average Bonchev–Trinajstić information content (AvgIpc) is 3.31. The van der Waals surface area contributed by atoms with Crippen molar-refractivity contribution in [3.05, 3.63) is 83.4 Å². The molecule has 1 saturated carbocycles. The van der Waals surface area contributed by atoms with Crippen LogP contribution in [-0.4, -0.2) is 33.0 Å². The third-order valence-electron chi connectivity index (χ3n) is 6.79. The van der Waals surface area contributed by atoms with Crippen LogP contribution in [0.2, 0.25) is 0 Å². The van der Waals surface area contributed by atoms with Crippen LogP contribution in [0.3, 0.4) is 0 Å². The SMILES string of the molecule is Nc1cc([C@H](CCN[C@H]2CC[C@H](c3ccccc3)CC2)c2ccccc2)c2nn[nH]c2n1. The Kier molecular flexibility index (Phi) is 6.12. The van der Waals surface area contributed by atoms with Crippen molar-refractivity contribution in [1.82, 2.24) is 25.7 Å². The largest absolute Gasteiger partial charge is 0.384 e. The Balaban J connectivity index is 1.26. The smallest absolute Gasteiger partial charge is 0.178 e. The van der Waals surface area contributed by atoms with Crippen molar-refractivity contribution in [2.45, 2.75) is 50.0 Å². The van der Waals surface area contributed by atoms with Crippen LogP contribution in [0.5, 0.6) is 0 Å². The number of anilines is 1. The molecule has 0 aliphatic heterocycles. The maximum absolute atomic E-state index is 6.10. The van der Waals surface area contributed by atoms with Gasteiger partial charge in [-0.15, -0.1) is 5.10 Å². The van der Waals surface area contributed by atoms with Gasteiger partial charge in [0.25, 0.3) is 0 Å². The lowest BCUT2D eigenvalue weighted by atomic mass is 9.81. The lowest BCUT2D eigenvalue weighted by Crippen LogP contribution is -2.34. The van der Waals surface area contributed by atoms with Gasteiger partial charge in [0, 0.05) is 12.0 Å². The van der Waals surface area contributed by atoms with E-state index in [1.807, 2.05) is 6.07 Å². The fraction of sp³-hybridized carbons (Fsp3) is 0.346. The zero-order chi connectivity index (χ0) is 21.8. The predicted octanol–water partition coefficient (Wildman–Crippen LogP) is 4.77. The molecule has 164 valence electrons. The van der Waals surface area contributed by atoms with E-state index < -0.39 is 0 Å². The summed E-state index contributed by atoms with van der Waals surface area (Å²) < 4.78 is 0. The number of pyridine rings is 1. The maximum Gasteiger partial charge on any atom is 0.178 e. The fourth-order valence-electron chi connectivity index (χ4n) is 5.12. The average molecular weight is 427 g/mol. The van der Waals surface area contributed by atoms with Crippen LogP contribution in [0.15, 0.2) is 66.7 Å². The minimum absolute atomic E-state index is 0.183. The molecule has 1 aliphatic rings. The molecule has 32 heavy (non-hydrogen) atoms. The first kappa shape index (κ1) is 20.6. The number of aromatic amines is 1. The predicted molar refractivity (Wildman–Crippen MR) is 128 cm³/mol. The van der Waals surface area contributed by atoms with E-state index in [1.54, 1.807) is 0 Å². The summed E-state index contributed by atoms with van der Waals surface area (Å²) in [5, 5.41) is 14.9. The molecule has 2 heterocycles. The number of hydrogen-bond donors (Lipinski definition) is 3. The van der Waals surface area contributed by atoms with Crippen LogP contribution < -0.4 is 11.1 Å². The molecular weight excluding hydrogens is 396 g/mol. The Bertz CT molecular complexity index is 1130. The number of benzene rings is 2. The minimum Gasteiger partial charge on any atom is -0.384 e. The van der Waals surface area contributed by atoms with E-state index >= 15 is 0 Å². The Hall–Kier alpha value is -3.25. The molecule has 0 radical (unpaired) electrons. The van der Waals surface area contributed by atoms with Gasteiger partial charge in [0.05, 0.1) is 0 Å². The van der Waals surface area contributed by atoms with E-state index in [4.69, 9.17) is 5.73 Å². The summed E-state index contributed by atoms with van der Waals surface area (Å²) in [6.45, 7) is 0.946. The molecule has 0 unspecified atom stereocenters. The van der Waals surface area contributed by atoms with Crippen molar-refractivity contribution in [2.24, 2.45) is 0 Å². The number of nitrogens with zero attached hydrogens (tertiary/aromatic N) is 3. The maximum atomic E-state index is 6.10. The monoisotopic (exact) mass is 426 g/mol. The number of H-pyrrole nitrogens is 1. The lowest BCUT2D eigenvalue weighted by Gasteiger charge is -2.30. The summed E-state index contributed by atoms with van der Waals surface area (Å²) >= 11 is 0. The van der Waals surface area contributed by atoms with Crippen LogP contribution in [0.25, 0.3) is 11.2 Å². The number of nitrogen functional groups attached to an aromatic ring is 1. The topological polar surface area (TPSA) is 92.5 Å². The highest BCUT2D eigenvalue weighted by atomic mass is 15.3. The Morgan fingerprint density at radius 1 is 0.969 bits per heavy atom. The molecule has 2 aromatic carbocycles. The Labute approximate surface area is 188 Å². The number of fused-ring (bicyclic) bond motifs is 1. The third kappa shape index (κ3) is 4.50. The van der Waals surface area contributed by atoms with Crippen molar-refractivity contribution in [3.63, 3.8) is 0 Å². The molecule has 0 bridgehead atoms. The van der Waals surface area contributed by atoms with E-state index in [0.717, 1.165) is 24.0 Å². The normalized spacial score (nSPS) is 19.8. The lowest BCUT2D eigenvalue weighted by molar-refractivity contribution is 0.340. The van der Waals surface area contributed by atoms with E-state index in [2.05, 4.69) is 86.4 Å². The van der Waals surface area contributed by atoms with Crippen LogP contribution >= 0.6 is 0 Å². The summed E-state index contributed by atoms with van der Waals surface area (Å²) in [5.41, 5.74) is 11.4. The van der Waals surface area contributed by atoms with E-state index in [1.165, 1.54) is 36.8 Å². The zero-order valence-corrected chi connectivity index (χ0v) is 18.2. The van der Waals surface area contributed by atoms with Gasteiger partial charge in [-0.3, -0.25) is 0 Å². The molecule has 0 saturated heterocycles. The second-order valence-corrected chi connectivity index (χ2v) is 8.81. The highest BCUT2D eigenvalue weighted by molar-refractivity contribution is 5.77. The molecule has 1 atom stereocenters. The zero-order valence-electron chi connectivity index (χ0n) is 18.2. The van der Waals surface area contributed by atoms with Gasteiger partial charge in [-0.25, -0.2) is 10.1 Å². The molecule has 1 aliphatic carbocycles. The highest BCUT2D eigenvalue weighted by Gasteiger charge is 2.24. The van der Waals surface area contributed by atoms with Crippen LogP contribution in [0.4, 0.5) is 5.82 Å². The number of nitrogens with two attached hydrogens (primary N) is 1. The molecule has 5 rings (SSSR count). The molecule has 2 aromatic heterocycles. The Morgan fingerprint density at radius 3 is 2.44 bits per heavy atom. The van der Waals surface area contributed by atoms with Crippen molar-refractivity contribution in [2.75, 3.05) is 12.3 Å². The van der Waals surface area contributed by atoms with E-state index in [-0.39, 0.29) is 5.92 Å². The van der Waals surface area contributed by atoms with Gasteiger partial charge in [0.15, 0.2) is 5.65 Å². The van der Waals surface area contributed by atoms with Gasteiger partial charge in [-0.1, -0.05) is 65.9 Å². The standard InChI is InChI=1S/C26H30N6/c27-24-17-23(25-26(29-24)31-32-30-25)22(20-9-5-2-6-10-20)15-16-28-21-13-11-19(12-14-21)18-7-3-1-4-8-18/h1-10,17,19,21-22,28H,11-16H2,(H3,27,29,30,31,32)/t19-,21-,22-/m1/s1. The summed E-state index contributed by atoms with van der Waals surface area (Å²) in [6.07, 6.45) is 5.93. The quantitative estimate of drug-likeness (QED) is 0.396. The number of nitrogens with one attached hydrogen (secondary N) is 2. The fourth-order valence-corrected chi connectivity index (χ4v) is 5.12. The van der Waals surface area contributed by atoms with Crippen LogP contribution in [0.1, 0.15) is 60.6 Å². The van der Waals surface area contributed by atoms with Gasteiger partial charge in [0.2, 0.25) is 0 Å². The third-order valence-corrected chi connectivity index (χ3v) is 6.79. The van der Waals surface area contributed by atoms with Crippen molar-refractivity contribution in [3.8, 4) is 0 Å². The van der Waals surface area contributed by atoms with Crippen LogP contribution in [-0.2, 0) is 0 Å². The molecule has 4 aromatic rings. The van der Waals surface area contributed by atoms with Gasteiger partial charge in [-0.05, 0) is 67.3 Å². The van der Waals surface area contributed by atoms with Gasteiger partial charge < -0.3 is 11.1 Å². The molecular formula is C26H30N6. The number of hydrogen-bond acceptors (Lipinski definition) is 5. The first-order valence-corrected chi connectivity index (χ1v) is 11.6. The van der Waals surface area contributed by atoms with Crippen LogP contribution in [0, 0.1) is 0 Å². The first-order valence-electron chi connectivity index (χ1n) is 11.6. The molecule has 4 N–H and O–H groups in total. The van der Waals surface area contributed by atoms with Crippen molar-refractivity contribution in [1.29, 1.82) is 0 Å². The Morgan fingerprint density at radius 2 is 1.69 bits per heavy atom. The second-order valence-electron chi connectivity index (χ2n) is 8.81. The number of aromatic nitrogens is 4. The van der Waals surface area contributed by atoms with E-state index in [9.17, 15) is 0 Å². The summed E-state index contributed by atoms with van der Waals surface area (Å²) in [7, 11) is 0. The second kappa shape index (κ2) is 9.49. The molecule has 0 amide bonds. The van der Waals surface area contributed by atoms with Gasteiger partial charge >= 0.3 is 0 Å². The minimum atomic E-state index is 0.183. The molecule has 6 heteroatoms. The molecule has 6 nitrogen and oxygen atoms in total. The molecule has 1 fully saturated rings. The summed E-state index contributed by atoms with van der Waals surface area (Å²) in [4.78, 5) is 4.34. The van der Waals surface area contributed by atoms with Gasteiger partial charge in [-0.2, -0.15) is 0 Å². The van der Waals surface area contributed by atoms with Crippen molar-refractivity contribution >= 4 is 17.0 Å². The summed E-state index contributed by atoms with van der Waals surface area (Å²) in [5.74, 6) is 1.38. The molecule has 0 spiro atoms. The first-order chi connectivity index (χ1) is 15.8. The van der Waals surface area contributed by atoms with Gasteiger partial charge in [0.1, 0.15) is 11.3 Å².